The van der Waals surface area contributed by atoms with Gasteiger partial charge in [0.25, 0.3) is 0 Å². The standard InChI is InChI=1S/C14H22N4/c1-8(14-15-7-16-18-14)17-13-6-9-5-12(13)11-4-2-3-10(9)11/h7-13,17H,2-6H2,1H3,(H,15,16,18). The molecule has 6 atom stereocenters. The molecule has 98 valence electrons. The van der Waals surface area contributed by atoms with E-state index in [1.54, 1.807) is 6.33 Å². The summed E-state index contributed by atoms with van der Waals surface area (Å²) in [4.78, 5) is 4.26. The van der Waals surface area contributed by atoms with Gasteiger partial charge in [0.1, 0.15) is 12.2 Å². The molecule has 1 aromatic heterocycles. The molecule has 4 rings (SSSR count). The molecule has 0 aliphatic heterocycles. The second-order valence-electron chi connectivity index (χ2n) is 6.52. The van der Waals surface area contributed by atoms with E-state index in [-0.39, 0.29) is 0 Å². The predicted octanol–water partition coefficient (Wildman–Crippen LogP) is 2.28. The smallest absolute Gasteiger partial charge is 0.141 e. The van der Waals surface area contributed by atoms with Gasteiger partial charge in [0.15, 0.2) is 0 Å². The molecule has 2 bridgehead atoms. The highest BCUT2D eigenvalue weighted by Gasteiger charge is 2.53. The van der Waals surface area contributed by atoms with Crippen LogP contribution in [-0.4, -0.2) is 21.2 Å². The van der Waals surface area contributed by atoms with Crippen LogP contribution < -0.4 is 5.32 Å². The van der Waals surface area contributed by atoms with Crippen molar-refractivity contribution >= 4 is 0 Å². The Balaban J connectivity index is 1.45. The number of H-pyrrole nitrogens is 1. The van der Waals surface area contributed by atoms with Gasteiger partial charge in [-0.15, -0.1) is 0 Å². The number of rotatable bonds is 3. The van der Waals surface area contributed by atoms with Gasteiger partial charge in [-0.05, 0) is 56.3 Å². The molecule has 1 aromatic rings. The lowest BCUT2D eigenvalue weighted by Crippen LogP contribution is -2.40. The molecule has 4 nitrogen and oxygen atoms in total. The summed E-state index contributed by atoms with van der Waals surface area (Å²) in [5.41, 5.74) is 0. The zero-order valence-electron chi connectivity index (χ0n) is 11.0. The first-order valence-corrected chi connectivity index (χ1v) is 7.44. The summed E-state index contributed by atoms with van der Waals surface area (Å²) in [6.45, 7) is 2.19. The van der Waals surface area contributed by atoms with Crippen molar-refractivity contribution in [1.82, 2.24) is 20.5 Å². The summed E-state index contributed by atoms with van der Waals surface area (Å²) in [5, 5.41) is 10.7. The van der Waals surface area contributed by atoms with Gasteiger partial charge in [0, 0.05) is 6.04 Å². The van der Waals surface area contributed by atoms with Crippen molar-refractivity contribution in [3.05, 3.63) is 12.2 Å². The Kier molecular flexibility index (Phi) is 2.47. The number of nitrogens with zero attached hydrogens (tertiary/aromatic N) is 2. The van der Waals surface area contributed by atoms with E-state index in [1.165, 1.54) is 32.1 Å². The average Bonchev–Trinajstić information content (AvgIpc) is 3.11. The van der Waals surface area contributed by atoms with Crippen LogP contribution in [0.2, 0.25) is 0 Å². The molecule has 0 aromatic carbocycles. The van der Waals surface area contributed by atoms with Gasteiger partial charge < -0.3 is 5.32 Å². The molecule has 18 heavy (non-hydrogen) atoms. The molecule has 3 fully saturated rings. The van der Waals surface area contributed by atoms with Gasteiger partial charge in [0.2, 0.25) is 0 Å². The highest BCUT2D eigenvalue weighted by atomic mass is 15.2. The van der Waals surface area contributed by atoms with E-state index in [2.05, 4.69) is 27.4 Å². The second kappa shape index (κ2) is 4.05. The minimum Gasteiger partial charge on any atom is -0.304 e. The molecule has 0 saturated heterocycles. The second-order valence-corrected chi connectivity index (χ2v) is 6.52. The Bertz CT molecular complexity index is 415. The Morgan fingerprint density at radius 2 is 2.17 bits per heavy atom. The van der Waals surface area contributed by atoms with Crippen LogP contribution in [0.15, 0.2) is 6.33 Å². The quantitative estimate of drug-likeness (QED) is 0.860. The third-order valence-corrected chi connectivity index (χ3v) is 5.74. The van der Waals surface area contributed by atoms with Crippen LogP contribution in [0.5, 0.6) is 0 Å². The van der Waals surface area contributed by atoms with Crippen LogP contribution in [0.25, 0.3) is 0 Å². The first-order valence-electron chi connectivity index (χ1n) is 7.44. The average molecular weight is 246 g/mol. The predicted molar refractivity (Wildman–Crippen MR) is 68.8 cm³/mol. The van der Waals surface area contributed by atoms with E-state index in [4.69, 9.17) is 0 Å². The highest BCUT2D eigenvalue weighted by Crippen LogP contribution is 2.58. The topological polar surface area (TPSA) is 53.6 Å². The lowest BCUT2D eigenvalue weighted by atomic mass is 9.79. The SMILES string of the molecule is CC(NC1CC2CC1C1CCCC21)c1ncn[nH]1. The van der Waals surface area contributed by atoms with Crippen molar-refractivity contribution in [2.45, 2.75) is 51.1 Å². The molecular formula is C14H22N4. The van der Waals surface area contributed by atoms with Crippen molar-refractivity contribution in [1.29, 1.82) is 0 Å². The van der Waals surface area contributed by atoms with Crippen molar-refractivity contribution in [2.75, 3.05) is 0 Å². The lowest BCUT2D eigenvalue weighted by Gasteiger charge is -2.33. The number of aromatic nitrogens is 3. The third kappa shape index (κ3) is 1.54. The zero-order valence-corrected chi connectivity index (χ0v) is 11.0. The molecular weight excluding hydrogens is 224 g/mol. The van der Waals surface area contributed by atoms with Crippen LogP contribution in [0, 0.1) is 23.7 Å². The van der Waals surface area contributed by atoms with Crippen LogP contribution >= 0.6 is 0 Å². The molecule has 0 radical (unpaired) electrons. The fourth-order valence-electron chi connectivity index (χ4n) is 5.08. The summed E-state index contributed by atoms with van der Waals surface area (Å²) in [6.07, 6.45) is 8.95. The third-order valence-electron chi connectivity index (χ3n) is 5.74. The molecule has 3 saturated carbocycles. The minimum absolute atomic E-state index is 0.303. The molecule has 3 aliphatic carbocycles. The maximum absolute atomic E-state index is 4.26. The zero-order chi connectivity index (χ0) is 12.1. The van der Waals surface area contributed by atoms with E-state index < -0.39 is 0 Å². The fraction of sp³-hybridized carbons (Fsp3) is 0.857. The van der Waals surface area contributed by atoms with Crippen LogP contribution in [0.4, 0.5) is 0 Å². The molecule has 2 N–H and O–H groups in total. The van der Waals surface area contributed by atoms with E-state index >= 15 is 0 Å². The van der Waals surface area contributed by atoms with Crippen LogP contribution in [-0.2, 0) is 0 Å². The van der Waals surface area contributed by atoms with Crippen LogP contribution in [0.1, 0.15) is 50.9 Å². The number of aromatic amines is 1. The number of hydrogen-bond donors (Lipinski definition) is 2. The lowest BCUT2D eigenvalue weighted by molar-refractivity contribution is 0.199. The Labute approximate surface area is 108 Å². The fourth-order valence-corrected chi connectivity index (χ4v) is 5.08. The molecule has 3 aliphatic rings. The van der Waals surface area contributed by atoms with E-state index in [9.17, 15) is 0 Å². The normalized spacial score (nSPS) is 43.3. The van der Waals surface area contributed by atoms with E-state index in [1.807, 2.05) is 0 Å². The van der Waals surface area contributed by atoms with E-state index in [0.29, 0.717) is 6.04 Å². The number of fused-ring (bicyclic) bond motifs is 5. The van der Waals surface area contributed by atoms with Crippen molar-refractivity contribution < 1.29 is 0 Å². The number of nitrogens with one attached hydrogen (secondary N) is 2. The maximum Gasteiger partial charge on any atom is 0.141 e. The summed E-state index contributed by atoms with van der Waals surface area (Å²) in [7, 11) is 0. The van der Waals surface area contributed by atoms with Gasteiger partial charge in [0.05, 0.1) is 6.04 Å². The maximum atomic E-state index is 4.26. The molecule has 0 spiro atoms. The highest BCUT2D eigenvalue weighted by molar-refractivity contribution is 5.06. The number of hydrogen-bond acceptors (Lipinski definition) is 3. The largest absolute Gasteiger partial charge is 0.304 e. The van der Waals surface area contributed by atoms with Crippen molar-refractivity contribution in [2.24, 2.45) is 23.7 Å². The Morgan fingerprint density at radius 1 is 1.28 bits per heavy atom. The Hall–Kier alpha value is -0.900. The summed E-state index contributed by atoms with van der Waals surface area (Å²) < 4.78 is 0. The van der Waals surface area contributed by atoms with Gasteiger partial charge in [-0.3, -0.25) is 5.10 Å². The molecule has 6 unspecified atom stereocenters. The Morgan fingerprint density at radius 3 is 3.00 bits per heavy atom. The van der Waals surface area contributed by atoms with Crippen molar-refractivity contribution in [3.63, 3.8) is 0 Å². The molecule has 0 amide bonds. The first-order chi connectivity index (χ1) is 8.83. The monoisotopic (exact) mass is 246 g/mol. The van der Waals surface area contributed by atoms with Gasteiger partial charge >= 0.3 is 0 Å². The van der Waals surface area contributed by atoms with Crippen LogP contribution in [0.3, 0.4) is 0 Å². The van der Waals surface area contributed by atoms with E-state index in [0.717, 1.165) is 35.5 Å². The van der Waals surface area contributed by atoms with Gasteiger partial charge in [-0.1, -0.05) is 6.42 Å². The summed E-state index contributed by atoms with van der Waals surface area (Å²) in [6, 6.07) is 1.02. The summed E-state index contributed by atoms with van der Waals surface area (Å²) in [5.74, 6) is 5.03. The molecule has 4 heteroatoms. The van der Waals surface area contributed by atoms with Gasteiger partial charge in [-0.2, -0.15) is 5.10 Å². The summed E-state index contributed by atoms with van der Waals surface area (Å²) >= 11 is 0. The van der Waals surface area contributed by atoms with Gasteiger partial charge in [-0.25, -0.2) is 4.98 Å². The van der Waals surface area contributed by atoms with Crippen molar-refractivity contribution in [3.8, 4) is 0 Å². The minimum atomic E-state index is 0.303. The first kappa shape index (κ1) is 11.0. The molecule has 1 heterocycles.